The third-order valence-electron chi connectivity index (χ3n) is 1.72. The standard InChI is InChI=1S/C9H13F2N3O/c1-5(15)12-6-7(10)13-14(8(6)11)9(2,3)4/h1-4H3,(H,12,15). The number of aromatic nitrogens is 2. The predicted molar refractivity (Wildman–Crippen MR) is 51.4 cm³/mol. The van der Waals surface area contributed by atoms with Gasteiger partial charge < -0.3 is 5.32 Å². The first kappa shape index (κ1) is 11.6. The van der Waals surface area contributed by atoms with Crippen molar-refractivity contribution in [2.45, 2.75) is 33.2 Å². The van der Waals surface area contributed by atoms with Crippen molar-refractivity contribution in [2.75, 3.05) is 5.32 Å². The molecule has 0 unspecified atom stereocenters. The van der Waals surface area contributed by atoms with Crippen molar-refractivity contribution in [1.29, 1.82) is 0 Å². The number of amides is 1. The molecular weight excluding hydrogens is 204 g/mol. The first-order valence-electron chi connectivity index (χ1n) is 4.45. The number of rotatable bonds is 1. The highest BCUT2D eigenvalue weighted by molar-refractivity contribution is 5.88. The van der Waals surface area contributed by atoms with Crippen LogP contribution in [0.15, 0.2) is 0 Å². The van der Waals surface area contributed by atoms with Gasteiger partial charge in [-0.15, -0.1) is 5.10 Å². The summed E-state index contributed by atoms with van der Waals surface area (Å²) in [6.07, 6.45) is 0. The maximum Gasteiger partial charge on any atom is 0.259 e. The monoisotopic (exact) mass is 217 g/mol. The fraction of sp³-hybridized carbons (Fsp3) is 0.556. The molecule has 1 aromatic heterocycles. The van der Waals surface area contributed by atoms with Gasteiger partial charge in [-0.3, -0.25) is 4.79 Å². The van der Waals surface area contributed by atoms with Crippen LogP contribution >= 0.6 is 0 Å². The Morgan fingerprint density at radius 3 is 2.27 bits per heavy atom. The summed E-state index contributed by atoms with van der Waals surface area (Å²) in [7, 11) is 0. The summed E-state index contributed by atoms with van der Waals surface area (Å²) in [5.41, 5.74) is -1.18. The summed E-state index contributed by atoms with van der Waals surface area (Å²) >= 11 is 0. The SMILES string of the molecule is CC(=O)Nc1c(F)nn(C(C)(C)C)c1F. The molecule has 4 nitrogen and oxygen atoms in total. The van der Waals surface area contributed by atoms with E-state index in [1.807, 2.05) is 0 Å². The second-order valence-corrected chi connectivity index (χ2v) is 4.22. The van der Waals surface area contributed by atoms with Gasteiger partial charge in [0.15, 0.2) is 5.69 Å². The van der Waals surface area contributed by atoms with E-state index < -0.39 is 29.0 Å². The average molecular weight is 217 g/mol. The van der Waals surface area contributed by atoms with Gasteiger partial charge in [0.05, 0.1) is 5.54 Å². The summed E-state index contributed by atoms with van der Waals surface area (Å²) < 4.78 is 27.7. The van der Waals surface area contributed by atoms with Crippen LogP contribution in [0.25, 0.3) is 0 Å². The van der Waals surface area contributed by atoms with Gasteiger partial charge in [-0.2, -0.15) is 8.78 Å². The third kappa shape index (κ3) is 2.31. The van der Waals surface area contributed by atoms with E-state index >= 15 is 0 Å². The number of anilines is 1. The zero-order chi connectivity index (χ0) is 11.8. The summed E-state index contributed by atoms with van der Waals surface area (Å²) in [4.78, 5) is 10.7. The highest BCUT2D eigenvalue weighted by Crippen LogP contribution is 2.23. The van der Waals surface area contributed by atoms with Crippen molar-refractivity contribution in [3.05, 3.63) is 11.9 Å². The Kier molecular flexibility index (Phi) is 2.79. The molecule has 1 aromatic rings. The number of nitrogens with zero attached hydrogens (tertiary/aromatic N) is 2. The highest BCUT2D eigenvalue weighted by atomic mass is 19.1. The lowest BCUT2D eigenvalue weighted by molar-refractivity contribution is -0.114. The van der Waals surface area contributed by atoms with Crippen LogP contribution in [-0.2, 0) is 10.3 Å². The molecule has 1 amide bonds. The number of carbonyl (C=O) groups excluding carboxylic acids is 1. The first-order valence-corrected chi connectivity index (χ1v) is 4.45. The van der Waals surface area contributed by atoms with Crippen LogP contribution in [0.2, 0.25) is 0 Å². The molecule has 84 valence electrons. The number of hydrogen-bond donors (Lipinski definition) is 1. The van der Waals surface area contributed by atoms with E-state index in [9.17, 15) is 13.6 Å². The van der Waals surface area contributed by atoms with Gasteiger partial charge in [0.2, 0.25) is 11.9 Å². The highest BCUT2D eigenvalue weighted by Gasteiger charge is 2.25. The van der Waals surface area contributed by atoms with Crippen molar-refractivity contribution in [2.24, 2.45) is 0 Å². The van der Waals surface area contributed by atoms with Gasteiger partial charge in [0.25, 0.3) is 5.95 Å². The molecule has 15 heavy (non-hydrogen) atoms. The molecule has 1 heterocycles. The van der Waals surface area contributed by atoms with Crippen molar-refractivity contribution < 1.29 is 13.6 Å². The van der Waals surface area contributed by atoms with E-state index in [0.29, 0.717) is 0 Å². The van der Waals surface area contributed by atoms with Gasteiger partial charge >= 0.3 is 0 Å². The molecule has 0 aromatic carbocycles. The molecule has 0 saturated heterocycles. The van der Waals surface area contributed by atoms with Crippen LogP contribution in [0, 0.1) is 11.9 Å². The molecule has 0 bridgehead atoms. The minimum Gasteiger partial charge on any atom is -0.319 e. The molecule has 0 radical (unpaired) electrons. The molecule has 0 atom stereocenters. The Morgan fingerprint density at radius 1 is 1.40 bits per heavy atom. The molecule has 0 aliphatic carbocycles. The van der Waals surface area contributed by atoms with Crippen molar-refractivity contribution in [3.63, 3.8) is 0 Å². The maximum absolute atomic E-state index is 13.6. The molecule has 0 saturated carbocycles. The third-order valence-corrected chi connectivity index (χ3v) is 1.72. The van der Waals surface area contributed by atoms with Crippen molar-refractivity contribution in [3.8, 4) is 0 Å². The van der Waals surface area contributed by atoms with Gasteiger partial charge in [0, 0.05) is 6.92 Å². The van der Waals surface area contributed by atoms with E-state index in [2.05, 4.69) is 10.4 Å². The topological polar surface area (TPSA) is 46.9 Å². The Bertz CT molecular complexity index is 393. The number of halogens is 2. The summed E-state index contributed by atoms with van der Waals surface area (Å²) in [5, 5.41) is 5.46. The molecule has 1 N–H and O–H groups in total. The molecule has 0 spiro atoms. The number of hydrogen-bond acceptors (Lipinski definition) is 2. The largest absolute Gasteiger partial charge is 0.319 e. The zero-order valence-electron chi connectivity index (χ0n) is 9.06. The van der Waals surface area contributed by atoms with Crippen LogP contribution in [0.5, 0.6) is 0 Å². The second-order valence-electron chi connectivity index (χ2n) is 4.22. The fourth-order valence-electron chi connectivity index (χ4n) is 1.10. The molecule has 6 heteroatoms. The van der Waals surface area contributed by atoms with E-state index in [-0.39, 0.29) is 0 Å². The van der Waals surface area contributed by atoms with E-state index in [4.69, 9.17) is 0 Å². The van der Waals surface area contributed by atoms with Gasteiger partial charge in [0.1, 0.15) is 0 Å². The Hall–Kier alpha value is -1.46. The van der Waals surface area contributed by atoms with Gasteiger partial charge in [-0.25, -0.2) is 4.68 Å². The van der Waals surface area contributed by atoms with E-state index in [0.717, 1.165) is 4.68 Å². The lowest BCUT2D eigenvalue weighted by Crippen LogP contribution is -2.25. The van der Waals surface area contributed by atoms with E-state index in [1.165, 1.54) is 6.92 Å². The predicted octanol–water partition coefficient (Wildman–Crippen LogP) is 1.87. The lowest BCUT2D eigenvalue weighted by Gasteiger charge is -2.19. The average Bonchev–Trinajstić information content (AvgIpc) is 2.30. The first-order chi connectivity index (χ1) is 6.73. The fourth-order valence-corrected chi connectivity index (χ4v) is 1.10. The molecule has 0 fully saturated rings. The van der Waals surface area contributed by atoms with Crippen molar-refractivity contribution in [1.82, 2.24) is 9.78 Å². The molecule has 0 aliphatic heterocycles. The second kappa shape index (κ2) is 3.60. The Morgan fingerprint density at radius 2 is 1.93 bits per heavy atom. The van der Waals surface area contributed by atoms with Crippen LogP contribution in [0.4, 0.5) is 14.5 Å². The quantitative estimate of drug-likeness (QED) is 0.780. The van der Waals surface area contributed by atoms with Crippen molar-refractivity contribution >= 4 is 11.6 Å². The minimum absolute atomic E-state index is 0.502. The summed E-state index contributed by atoms with van der Waals surface area (Å²) in [6.45, 7) is 6.22. The van der Waals surface area contributed by atoms with Gasteiger partial charge in [-0.05, 0) is 20.8 Å². The smallest absolute Gasteiger partial charge is 0.259 e. The number of carbonyl (C=O) groups is 1. The molecule has 0 aliphatic rings. The molecular formula is C9H13F2N3O. The normalized spacial score (nSPS) is 11.6. The lowest BCUT2D eigenvalue weighted by atomic mass is 10.1. The summed E-state index contributed by atoms with van der Waals surface area (Å²) in [5.74, 6) is -2.44. The van der Waals surface area contributed by atoms with Crippen LogP contribution in [0.3, 0.4) is 0 Å². The number of nitrogens with one attached hydrogen (secondary N) is 1. The summed E-state index contributed by atoms with van der Waals surface area (Å²) in [6, 6.07) is 0. The van der Waals surface area contributed by atoms with Crippen LogP contribution in [-0.4, -0.2) is 15.7 Å². The zero-order valence-corrected chi connectivity index (χ0v) is 9.06. The molecule has 1 rings (SSSR count). The van der Waals surface area contributed by atoms with Crippen LogP contribution in [0.1, 0.15) is 27.7 Å². The maximum atomic E-state index is 13.6. The minimum atomic E-state index is -1.02. The Labute approximate surface area is 86.3 Å². The van der Waals surface area contributed by atoms with Gasteiger partial charge in [-0.1, -0.05) is 0 Å². The van der Waals surface area contributed by atoms with Crippen LogP contribution < -0.4 is 5.32 Å². The Balaban J connectivity index is 3.21. The van der Waals surface area contributed by atoms with E-state index in [1.54, 1.807) is 20.8 Å².